The number of thiazole rings is 2. The number of carbonyl (C=O) groups excluding carboxylic acids is 1. The molecule has 0 radical (unpaired) electrons. The summed E-state index contributed by atoms with van der Waals surface area (Å²) in [7, 11) is 3.83. The van der Waals surface area contributed by atoms with Gasteiger partial charge in [0.25, 0.3) is 0 Å². The second-order valence-electron chi connectivity index (χ2n) is 23.2. The number of aryl methyl sites for hydroxylation is 2. The number of rotatable bonds is 16. The number of hydrogen-bond donors (Lipinski definition) is 4. The van der Waals surface area contributed by atoms with Gasteiger partial charge in [-0.25, -0.2) is 48.7 Å². The molecule has 2 aromatic carbocycles. The molecule has 2 aliphatic heterocycles. The number of aromatic nitrogens is 10. The molecule has 0 unspecified atom stereocenters. The quantitative estimate of drug-likeness (QED) is 0.0699. The fourth-order valence-corrected chi connectivity index (χ4v) is 13.0. The van der Waals surface area contributed by atoms with E-state index in [0.717, 1.165) is 108 Å². The molecule has 506 valence electrons. The summed E-state index contributed by atoms with van der Waals surface area (Å²) in [6, 6.07) is 24.5. The summed E-state index contributed by atoms with van der Waals surface area (Å²) >= 11 is 2.57. The van der Waals surface area contributed by atoms with Gasteiger partial charge in [0.05, 0.1) is 35.4 Å². The lowest BCUT2D eigenvalue weighted by atomic mass is 10.1. The number of aliphatic hydroxyl groups excluding tert-OH is 2. The van der Waals surface area contributed by atoms with Gasteiger partial charge in [-0.15, -0.1) is 0 Å². The van der Waals surface area contributed by atoms with E-state index in [-0.39, 0.29) is 45.6 Å². The van der Waals surface area contributed by atoms with Crippen LogP contribution < -0.4 is 24.9 Å². The Bertz CT molecular complexity index is 4480. The smallest absolute Gasteiger partial charge is 0.311 e. The van der Waals surface area contributed by atoms with E-state index < -0.39 is 16.8 Å². The number of amides is 1. The van der Waals surface area contributed by atoms with E-state index >= 15 is 0 Å². The molecule has 1 amide bonds. The molecule has 2 saturated heterocycles. The maximum absolute atomic E-state index is 13.5. The summed E-state index contributed by atoms with van der Waals surface area (Å²) in [4.78, 5) is 71.8. The van der Waals surface area contributed by atoms with Crippen molar-refractivity contribution in [1.82, 2.24) is 58.9 Å². The van der Waals surface area contributed by atoms with Gasteiger partial charge in [0, 0.05) is 138 Å². The van der Waals surface area contributed by atoms with Crippen molar-refractivity contribution < 1.29 is 35.1 Å². The number of benzene rings is 2. The minimum Gasteiger partial charge on any atom is -0.481 e. The zero-order chi connectivity index (χ0) is 67.8. The van der Waals surface area contributed by atoms with Crippen molar-refractivity contribution in [2.75, 3.05) is 99.3 Å². The molecule has 4 N–H and O–H groups in total. The highest BCUT2D eigenvalue weighted by Crippen LogP contribution is 2.47. The van der Waals surface area contributed by atoms with Crippen LogP contribution in [0.2, 0.25) is 0 Å². The second kappa shape index (κ2) is 30.9. The van der Waals surface area contributed by atoms with Gasteiger partial charge < -0.3 is 45.1 Å². The van der Waals surface area contributed by atoms with Crippen LogP contribution in [0.3, 0.4) is 0 Å². The van der Waals surface area contributed by atoms with Gasteiger partial charge in [0.1, 0.15) is 67.8 Å². The Labute approximate surface area is 572 Å². The number of pyridine rings is 2. The number of aliphatic hydroxyl groups is 2. The molecule has 8 aromatic heterocycles. The molecule has 0 spiro atoms. The van der Waals surface area contributed by atoms with Crippen molar-refractivity contribution in [2.45, 2.75) is 81.0 Å². The average molecular weight is 1360 g/mol. The van der Waals surface area contributed by atoms with Crippen LogP contribution in [0.4, 0.5) is 42.6 Å². The summed E-state index contributed by atoms with van der Waals surface area (Å²) in [5.74, 6) is 1.59. The Hall–Kier alpha value is -9.90. The molecule has 2 saturated carbocycles. The molecule has 14 rings (SSSR count). The number of nitrogens with one attached hydrogen (secondary N) is 1. The molecule has 4 fully saturated rings. The van der Waals surface area contributed by atoms with Crippen molar-refractivity contribution in [1.29, 1.82) is 10.5 Å². The number of carboxylic acid groups (broad SMARTS) is 1. The van der Waals surface area contributed by atoms with E-state index in [4.69, 9.17) is 31.5 Å². The first-order chi connectivity index (χ1) is 46.5. The lowest BCUT2D eigenvalue weighted by Gasteiger charge is -2.36. The van der Waals surface area contributed by atoms with Gasteiger partial charge in [-0.05, 0) is 111 Å². The van der Waals surface area contributed by atoms with Crippen molar-refractivity contribution in [3.8, 4) is 56.9 Å². The number of nitriles is 2. The third-order valence-electron chi connectivity index (χ3n) is 17.3. The van der Waals surface area contributed by atoms with Crippen molar-refractivity contribution in [3.63, 3.8) is 0 Å². The molecule has 27 heteroatoms. The summed E-state index contributed by atoms with van der Waals surface area (Å²) in [5, 5.41) is 50.7. The third kappa shape index (κ3) is 14.9. The van der Waals surface area contributed by atoms with Crippen LogP contribution in [-0.2, 0) is 22.4 Å². The van der Waals surface area contributed by atoms with E-state index in [1.807, 2.05) is 106 Å². The highest BCUT2D eigenvalue weighted by Gasteiger charge is 2.52. The van der Waals surface area contributed by atoms with E-state index in [1.54, 1.807) is 31.2 Å². The molecular formula is C70H80F2N18O5S2. The number of halogens is 2. The number of imidazole rings is 2. The topological polar surface area (TPSA) is 283 Å². The first-order valence-electron chi connectivity index (χ1n) is 32.0. The molecule has 2 aliphatic carbocycles. The minimum atomic E-state index is -0.861. The Morgan fingerprint density at radius 2 is 0.979 bits per heavy atom. The highest BCUT2D eigenvalue weighted by molar-refractivity contribution is 7.17. The predicted octanol–water partition coefficient (Wildman–Crippen LogP) is 11.5. The number of nitrogens with zero attached hydrogens (tertiary/aromatic N) is 17. The standard InChI is InChI=1S/C33H32FN9O2S.C28H26FN9S.C5H8O3.C2H6.2CH4/c1-3-25-29(40(2)32-39-28(26(16-35)46-32)21-4-7-24(34)8-5-21)43-19-22(6-9-27(43)38-25)23-17-36-31(37-18-23)42-14-12-41(13-15-42)30(45)33(20-44)10-11-33;1-3-22-26(36(2)28-35-25(23(14-30)39-28)18-4-7-21(29)8-5-18)38-17-19(6-9-24(38)34-22)20-15-32-27(33-16-20)37-12-10-31-11-13-37;6-3-5(1-2-5)4(7)8;1-2;;/h4-9,17-19,44H,3,10-15,20H2,1-2H3;4-9,15-17,31H,3,10-13H2,1-2H3;6H,1-3H2,(H,7,8);1-2H3;2*1H4/i;;;1D;;. The van der Waals surface area contributed by atoms with Crippen LogP contribution in [0.1, 0.15) is 90.7 Å². The van der Waals surface area contributed by atoms with Gasteiger partial charge >= 0.3 is 5.97 Å². The van der Waals surface area contributed by atoms with E-state index in [9.17, 15) is 34.0 Å². The number of piperazine rings is 2. The van der Waals surface area contributed by atoms with Gasteiger partial charge in [-0.1, -0.05) is 65.2 Å². The number of carbonyl (C=O) groups is 2. The Morgan fingerprint density at radius 3 is 1.32 bits per heavy atom. The average Bonchev–Trinajstić information content (AvgIpc) is 1.62. The van der Waals surface area contributed by atoms with Crippen LogP contribution in [0, 0.1) is 45.1 Å². The summed E-state index contributed by atoms with van der Waals surface area (Å²) in [6.45, 7) is 12.2. The van der Waals surface area contributed by atoms with Crippen LogP contribution in [-0.4, -0.2) is 160 Å². The van der Waals surface area contributed by atoms with Gasteiger partial charge in [0.15, 0.2) is 10.3 Å². The number of carboxylic acids is 1. The Kier molecular flexibility index (Phi) is 22.3. The fourth-order valence-electron chi connectivity index (χ4n) is 11.3. The van der Waals surface area contributed by atoms with Gasteiger partial charge in [0.2, 0.25) is 17.8 Å². The minimum absolute atomic E-state index is 0. The molecule has 23 nitrogen and oxygen atoms in total. The molecule has 97 heavy (non-hydrogen) atoms. The molecule has 4 aliphatic rings. The summed E-state index contributed by atoms with van der Waals surface area (Å²) < 4.78 is 37.3. The largest absolute Gasteiger partial charge is 0.481 e. The number of hydrogen-bond acceptors (Lipinski definition) is 21. The van der Waals surface area contributed by atoms with Crippen molar-refractivity contribution >= 4 is 79.6 Å². The molecule has 10 aromatic rings. The Morgan fingerprint density at radius 1 is 0.598 bits per heavy atom. The zero-order valence-electron chi connectivity index (χ0n) is 54.2. The van der Waals surface area contributed by atoms with E-state index in [0.29, 0.717) is 101 Å². The normalized spacial score (nSPS) is 14.9. The monoisotopic (exact) mass is 1360 g/mol. The first kappa shape index (κ1) is 69.9. The van der Waals surface area contributed by atoms with Crippen molar-refractivity contribution in [3.05, 3.63) is 143 Å². The van der Waals surface area contributed by atoms with Gasteiger partial charge in [-0.2, -0.15) is 10.5 Å². The number of aliphatic carboxylic acids is 1. The lowest BCUT2D eigenvalue weighted by molar-refractivity contribution is -0.145. The number of anilines is 6. The second-order valence-corrected chi connectivity index (χ2v) is 25.2. The Balaban J connectivity index is 0.000000197. The third-order valence-corrected chi connectivity index (χ3v) is 19.4. The highest BCUT2D eigenvalue weighted by atomic mass is 32.1. The number of fused-ring (bicyclic) bond motifs is 2. The predicted molar refractivity (Wildman–Crippen MR) is 376 cm³/mol. The molecular weight excluding hydrogens is 1280 g/mol. The maximum atomic E-state index is 13.5. The van der Waals surface area contributed by atoms with Crippen LogP contribution >= 0.6 is 22.7 Å². The SMILES string of the molecule is C.C.CCc1nc2ccc(-c3cnc(N4CCN(C(=O)C5(CO)CC5)CC4)nc3)cn2c1N(C)c1nc(-c2ccc(F)cc2)c(C#N)s1.CCc1nc2ccc(-c3cnc(N4CCNCC4)nc3)cn2c1N(C)c1nc(-c2ccc(F)cc2)c(C#N)s1.O=C(O)C1(CO)CC1.[2H]CC. The maximum Gasteiger partial charge on any atom is 0.311 e. The summed E-state index contributed by atoms with van der Waals surface area (Å²) in [5.41, 5.74) is 8.17. The van der Waals surface area contributed by atoms with E-state index in [2.05, 4.69) is 54.1 Å². The molecule has 0 atom stereocenters. The van der Waals surface area contributed by atoms with Gasteiger partial charge in [-0.3, -0.25) is 18.4 Å². The zero-order valence-corrected chi connectivity index (χ0v) is 54.9. The fraction of sp³-hybridized carbons (Fsp3) is 0.371. The first-order valence-corrected chi connectivity index (χ1v) is 32.9. The lowest BCUT2D eigenvalue weighted by Crippen LogP contribution is -2.51. The van der Waals surface area contributed by atoms with Crippen molar-refractivity contribution in [2.24, 2.45) is 10.8 Å². The van der Waals surface area contributed by atoms with Crippen LogP contribution in [0.5, 0.6) is 0 Å². The van der Waals surface area contributed by atoms with Crippen LogP contribution in [0.25, 0.3) is 56.1 Å². The van der Waals surface area contributed by atoms with E-state index in [1.165, 1.54) is 46.9 Å². The molecule has 0 bridgehead atoms. The molecule has 10 heterocycles. The van der Waals surface area contributed by atoms with Crippen LogP contribution in [0.15, 0.2) is 110 Å². The summed E-state index contributed by atoms with van der Waals surface area (Å²) in [6.07, 6.45) is 15.6.